The van der Waals surface area contributed by atoms with E-state index in [9.17, 15) is 18.3 Å². The third kappa shape index (κ3) is 2.76. The highest BCUT2D eigenvalue weighted by atomic mass is 32.2. The minimum atomic E-state index is -3.80. The van der Waals surface area contributed by atoms with Gasteiger partial charge in [0.25, 0.3) is 10.2 Å². The highest BCUT2D eigenvalue weighted by Crippen LogP contribution is 2.23. The third-order valence-corrected chi connectivity index (χ3v) is 5.01. The van der Waals surface area contributed by atoms with E-state index in [1.807, 2.05) is 0 Å². The van der Waals surface area contributed by atoms with Crippen LogP contribution >= 0.6 is 0 Å². The number of carboxylic acids is 1. The summed E-state index contributed by atoms with van der Waals surface area (Å²) < 4.78 is 26.3. The van der Waals surface area contributed by atoms with E-state index in [1.54, 1.807) is 13.8 Å². The summed E-state index contributed by atoms with van der Waals surface area (Å²) in [7, 11) is -3.80. The molecule has 0 aliphatic carbocycles. The lowest BCUT2D eigenvalue weighted by Gasteiger charge is -2.27. The van der Waals surface area contributed by atoms with E-state index in [1.165, 1.54) is 4.31 Å². The zero-order valence-corrected chi connectivity index (χ0v) is 10.7. The summed E-state index contributed by atoms with van der Waals surface area (Å²) in [4.78, 5) is 11.0. The molecular formula is C9H18N2O5S. The van der Waals surface area contributed by atoms with Crippen LogP contribution in [0.5, 0.6) is 0 Å². The Morgan fingerprint density at radius 2 is 1.94 bits per heavy atom. The number of aliphatic carboxylic acids is 1. The van der Waals surface area contributed by atoms with Gasteiger partial charge in [0, 0.05) is 26.1 Å². The van der Waals surface area contributed by atoms with Crippen LogP contribution in [0.15, 0.2) is 0 Å². The van der Waals surface area contributed by atoms with Gasteiger partial charge in [0.1, 0.15) is 6.04 Å². The molecule has 17 heavy (non-hydrogen) atoms. The first-order chi connectivity index (χ1) is 7.84. The number of aliphatic hydroxyl groups is 1. The van der Waals surface area contributed by atoms with E-state index in [-0.39, 0.29) is 26.1 Å². The highest BCUT2D eigenvalue weighted by molar-refractivity contribution is 7.86. The van der Waals surface area contributed by atoms with Gasteiger partial charge in [0.2, 0.25) is 0 Å². The van der Waals surface area contributed by atoms with Crippen molar-refractivity contribution in [3.8, 4) is 0 Å². The molecule has 100 valence electrons. The summed E-state index contributed by atoms with van der Waals surface area (Å²) in [5, 5.41) is 18.4. The van der Waals surface area contributed by atoms with E-state index in [2.05, 4.69) is 0 Å². The summed E-state index contributed by atoms with van der Waals surface area (Å²) in [5.74, 6) is -1.22. The van der Waals surface area contributed by atoms with Crippen molar-refractivity contribution in [2.75, 3.05) is 19.6 Å². The van der Waals surface area contributed by atoms with Gasteiger partial charge < -0.3 is 10.2 Å². The van der Waals surface area contributed by atoms with Gasteiger partial charge in [-0.3, -0.25) is 4.79 Å². The molecule has 1 aliphatic rings. The number of rotatable bonds is 5. The van der Waals surface area contributed by atoms with Crippen LogP contribution in [0.1, 0.15) is 20.3 Å². The first-order valence-electron chi connectivity index (χ1n) is 5.52. The summed E-state index contributed by atoms with van der Waals surface area (Å²) in [6.07, 6.45) is -0.975. The average Bonchev–Trinajstić information content (AvgIpc) is 2.62. The average molecular weight is 266 g/mol. The first kappa shape index (κ1) is 14.4. The largest absolute Gasteiger partial charge is 0.480 e. The van der Waals surface area contributed by atoms with Crippen molar-refractivity contribution >= 4 is 16.2 Å². The standard InChI is InChI=1S/C9H18N2O5S/c1-3-10(4-2)17(15,16)11-6-7(12)5-8(11)9(13)14/h7-8,12H,3-6H2,1-2H3,(H,13,14)/t7-,8-/m1/s1. The van der Waals surface area contributed by atoms with Crippen LogP contribution in [0.25, 0.3) is 0 Å². The second kappa shape index (κ2) is 5.30. The van der Waals surface area contributed by atoms with Gasteiger partial charge in [0.15, 0.2) is 0 Å². The predicted molar refractivity (Wildman–Crippen MR) is 60.6 cm³/mol. The van der Waals surface area contributed by atoms with E-state index in [0.29, 0.717) is 0 Å². The number of aliphatic hydroxyl groups excluding tert-OH is 1. The second-order valence-corrected chi connectivity index (χ2v) is 5.79. The molecule has 0 radical (unpaired) electrons. The van der Waals surface area contributed by atoms with Crippen LogP contribution in [0.2, 0.25) is 0 Å². The third-order valence-electron chi connectivity index (χ3n) is 2.85. The Balaban J connectivity index is 3.01. The van der Waals surface area contributed by atoms with Crippen molar-refractivity contribution in [1.82, 2.24) is 8.61 Å². The maximum Gasteiger partial charge on any atom is 0.322 e. The van der Waals surface area contributed by atoms with Crippen LogP contribution in [0, 0.1) is 0 Å². The van der Waals surface area contributed by atoms with Crippen LogP contribution in [-0.2, 0) is 15.0 Å². The molecule has 2 atom stereocenters. The smallest absolute Gasteiger partial charge is 0.322 e. The van der Waals surface area contributed by atoms with Gasteiger partial charge in [0.05, 0.1) is 6.10 Å². The second-order valence-electron chi connectivity index (χ2n) is 3.91. The number of hydrogen-bond acceptors (Lipinski definition) is 4. The maximum absolute atomic E-state index is 12.1. The minimum absolute atomic E-state index is 0.0597. The molecule has 0 aromatic rings. The Labute approximate surface area is 101 Å². The molecule has 0 aromatic carbocycles. The monoisotopic (exact) mass is 266 g/mol. The molecule has 1 rings (SSSR count). The molecule has 1 saturated heterocycles. The predicted octanol–water partition coefficient (Wildman–Crippen LogP) is -0.907. The van der Waals surface area contributed by atoms with Crippen molar-refractivity contribution in [3.63, 3.8) is 0 Å². The number of β-amino-alcohol motifs (C(OH)–C–C–N with tert-alkyl or cyclic N) is 1. The van der Waals surface area contributed by atoms with Gasteiger partial charge in [-0.15, -0.1) is 0 Å². The number of carboxylic acid groups (broad SMARTS) is 1. The van der Waals surface area contributed by atoms with Crippen molar-refractivity contribution in [3.05, 3.63) is 0 Å². The molecule has 8 heteroatoms. The molecular weight excluding hydrogens is 248 g/mol. The van der Waals surface area contributed by atoms with E-state index < -0.39 is 28.3 Å². The van der Waals surface area contributed by atoms with Crippen molar-refractivity contribution in [1.29, 1.82) is 0 Å². The molecule has 0 saturated carbocycles. The summed E-state index contributed by atoms with van der Waals surface area (Å²) >= 11 is 0. The van der Waals surface area contributed by atoms with Gasteiger partial charge in [-0.1, -0.05) is 13.8 Å². The van der Waals surface area contributed by atoms with Gasteiger partial charge in [-0.05, 0) is 0 Å². The summed E-state index contributed by atoms with van der Waals surface area (Å²) in [6, 6.07) is -1.17. The molecule has 0 aromatic heterocycles. The maximum atomic E-state index is 12.1. The Kier molecular flexibility index (Phi) is 4.48. The lowest BCUT2D eigenvalue weighted by atomic mass is 10.2. The summed E-state index contributed by atoms with van der Waals surface area (Å²) in [6.45, 7) is 3.76. The van der Waals surface area contributed by atoms with Crippen LogP contribution in [-0.4, -0.2) is 65.0 Å². The molecule has 1 fully saturated rings. The fourth-order valence-electron chi connectivity index (χ4n) is 1.96. The zero-order valence-electron chi connectivity index (χ0n) is 9.90. The van der Waals surface area contributed by atoms with E-state index >= 15 is 0 Å². The molecule has 0 bridgehead atoms. The van der Waals surface area contributed by atoms with Gasteiger partial charge >= 0.3 is 5.97 Å². The molecule has 0 amide bonds. The van der Waals surface area contributed by atoms with Crippen LogP contribution < -0.4 is 0 Å². The van der Waals surface area contributed by atoms with Crippen molar-refractivity contribution < 1.29 is 23.4 Å². The summed E-state index contributed by atoms with van der Waals surface area (Å²) in [5.41, 5.74) is 0. The van der Waals surface area contributed by atoms with E-state index in [0.717, 1.165) is 4.31 Å². The number of nitrogens with zero attached hydrogens (tertiary/aromatic N) is 2. The fourth-order valence-corrected chi connectivity index (χ4v) is 3.77. The highest BCUT2D eigenvalue weighted by Gasteiger charge is 2.44. The lowest BCUT2D eigenvalue weighted by Crippen LogP contribution is -2.48. The van der Waals surface area contributed by atoms with Crippen LogP contribution in [0.4, 0.5) is 0 Å². The molecule has 1 aliphatic heterocycles. The minimum Gasteiger partial charge on any atom is -0.480 e. The Morgan fingerprint density at radius 3 is 2.35 bits per heavy atom. The molecule has 2 N–H and O–H groups in total. The Morgan fingerprint density at radius 1 is 1.41 bits per heavy atom. The SMILES string of the molecule is CCN(CC)S(=O)(=O)N1C[C@H](O)C[C@@H]1C(=O)O. The lowest BCUT2D eigenvalue weighted by molar-refractivity contribution is -0.140. The Hall–Kier alpha value is -0.700. The van der Waals surface area contributed by atoms with Gasteiger partial charge in [-0.2, -0.15) is 17.0 Å². The normalized spacial score (nSPS) is 26.6. The van der Waals surface area contributed by atoms with E-state index in [4.69, 9.17) is 5.11 Å². The zero-order chi connectivity index (χ0) is 13.2. The number of hydrogen-bond donors (Lipinski definition) is 2. The molecule has 1 heterocycles. The van der Waals surface area contributed by atoms with Gasteiger partial charge in [-0.25, -0.2) is 0 Å². The van der Waals surface area contributed by atoms with Crippen LogP contribution in [0.3, 0.4) is 0 Å². The molecule has 0 unspecified atom stereocenters. The molecule has 7 nitrogen and oxygen atoms in total. The topological polar surface area (TPSA) is 98.2 Å². The van der Waals surface area contributed by atoms with Crippen molar-refractivity contribution in [2.45, 2.75) is 32.4 Å². The van der Waals surface area contributed by atoms with Crippen molar-refractivity contribution in [2.24, 2.45) is 0 Å². The quantitative estimate of drug-likeness (QED) is 0.671. The number of carbonyl (C=O) groups is 1. The Bertz CT molecular complexity index is 379. The fraction of sp³-hybridized carbons (Fsp3) is 0.889. The first-order valence-corrected chi connectivity index (χ1v) is 6.92. The molecule has 0 spiro atoms.